The summed E-state index contributed by atoms with van der Waals surface area (Å²) in [5.74, 6) is 1.11. The van der Waals surface area contributed by atoms with E-state index in [1.54, 1.807) is 0 Å². The van der Waals surface area contributed by atoms with Crippen molar-refractivity contribution in [1.29, 1.82) is 0 Å². The first kappa shape index (κ1) is 27.2. The Morgan fingerprint density at radius 1 is 1.14 bits per heavy atom. The van der Waals surface area contributed by atoms with Crippen molar-refractivity contribution in [2.45, 2.75) is 104 Å². The van der Waals surface area contributed by atoms with Crippen molar-refractivity contribution in [3.8, 4) is 0 Å². The van der Waals surface area contributed by atoms with Crippen LogP contribution < -0.4 is 0 Å². The van der Waals surface area contributed by atoms with Crippen LogP contribution in [0.25, 0.3) is 0 Å². The second-order valence-electron chi connectivity index (χ2n) is 12.9. The minimum atomic E-state index is -4.51. The van der Waals surface area contributed by atoms with Gasteiger partial charge in [-0.15, -0.1) is 0 Å². The van der Waals surface area contributed by atoms with Gasteiger partial charge in [0.25, 0.3) is 0 Å². The Morgan fingerprint density at radius 3 is 2.46 bits per heavy atom. The molecule has 4 aliphatic rings. The predicted octanol–water partition coefficient (Wildman–Crippen LogP) is 4.34. The zero-order valence-electron chi connectivity index (χ0n) is 21.8. The number of Topliss-reactive ketones (excluding diaryl/α,β-unsaturated/α-hetero) is 1. The first-order valence-electron chi connectivity index (χ1n) is 13.4. The zero-order valence-corrected chi connectivity index (χ0v) is 22.6. The Hall–Kier alpha value is -0.800. The minimum absolute atomic E-state index is 0.0566. The number of aliphatic hydroxyl groups excluding tert-OH is 2. The molecular weight excluding hydrogens is 468 g/mol. The third kappa shape index (κ3) is 4.90. The number of hydrogen-bond acceptors (Lipinski definition) is 6. The second kappa shape index (κ2) is 9.50. The van der Waals surface area contributed by atoms with Crippen LogP contribution in [0.15, 0.2) is 11.6 Å². The van der Waals surface area contributed by atoms with Gasteiger partial charge in [-0.05, 0) is 91.3 Å². The van der Waals surface area contributed by atoms with Gasteiger partial charge in [0.1, 0.15) is 6.10 Å². The highest BCUT2D eigenvalue weighted by molar-refractivity contribution is 7.80. The molecule has 8 heteroatoms. The van der Waals surface area contributed by atoms with Crippen molar-refractivity contribution in [2.75, 3.05) is 0 Å². The maximum absolute atomic E-state index is 12.6. The third-order valence-electron chi connectivity index (χ3n) is 10.5. The van der Waals surface area contributed by atoms with Crippen molar-refractivity contribution in [2.24, 2.45) is 46.3 Å². The molecular formula is C27H44O7S. The van der Waals surface area contributed by atoms with Crippen molar-refractivity contribution >= 4 is 16.2 Å². The molecule has 35 heavy (non-hydrogen) atoms. The fourth-order valence-electron chi connectivity index (χ4n) is 8.72. The zero-order chi connectivity index (χ0) is 25.9. The summed E-state index contributed by atoms with van der Waals surface area (Å²) in [5, 5.41) is 21.5. The lowest BCUT2D eigenvalue weighted by Crippen LogP contribution is -2.54. The number of carbonyl (C=O) groups excluding carboxylic acids is 1. The van der Waals surface area contributed by atoms with Gasteiger partial charge in [0.15, 0.2) is 5.78 Å². The molecule has 4 rings (SSSR count). The van der Waals surface area contributed by atoms with E-state index >= 15 is 0 Å². The molecule has 0 saturated heterocycles. The van der Waals surface area contributed by atoms with Crippen molar-refractivity contribution < 1.29 is 32.2 Å². The molecule has 0 bridgehead atoms. The van der Waals surface area contributed by atoms with Gasteiger partial charge in [-0.3, -0.25) is 9.35 Å². The SMILES string of the molecule is CC(C)[C@@H](O)C(=O)C[C@@H](C)[C@H]1CC[C@H]2[C@@H]3C[C@H](O)[C@H]4C[C@@H](OS(=O)(=O)O)CC[C@]4(C)C3=CC[C@]12C. The van der Waals surface area contributed by atoms with Crippen LogP contribution in [0.3, 0.4) is 0 Å². The molecule has 0 aromatic heterocycles. The Labute approximate surface area is 210 Å². The van der Waals surface area contributed by atoms with E-state index in [1.165, 1.54) is 5.57 Å². The molecule has 3 saturated carbocycles. The lowest BCUT2D eigenvalue weighted by atomic mass is 9.47. The molecule has 4 aliphatic carbocycles. The molecule has 0 radical (unpaired) electrons. The highest BCUT2D eigenvalue weighted by Crippen LogP contribution is 2.66. The fourth-order valence-corrected chi connectivity index (χ4v) is 9.24. The molecule has 0 amide bonds. The van der Waals surface area contributed by atoms with Crippen LogP contribution in [0.5, 0.6) is 0 Å². The molecule has 7 nitrogen and oxygen atoms in total. The highest BCUT2D eigenvalue weighted by atomic mass is 32.3. The topological polar surface area (TPSA) is 121 Å². The lowest BCUT2D eigenvalue weighted by Gasteiger charge is -2.58. The summed E-state index contributed by atoms with van der Waals surface area (Å²) < 4.78 is 36.5. The molecule has 3 fully saturated rings. The van der Waals surface area contributed by atoms with Crippen LogP contribution in [0.1, 0.15) is 86.0 Å². The Kier molecular flexibility index (Phi) is 7.39. The van der Waals surface area contributed by atoms with E-state index in [9.17, 15) is 23.4 Å². The van der Waals surface area contributed by atoms with E-state index in [4.69, 9.17) is 8.74 Å². The average Bonchev–Trinajstić information content (AvgIpc) is 3.10. The molecule has 0 unspecified atom stereocenters. The van der Waals surface area contributed by atoms with Crippen molar-refractivity contribution in [3.63, 3.8) is 0 Å². The summed E-state index contributed by atoms with van der Waals surface area (Å²) in [6.07, 6.45) is 6.20. The van der Waals surface area contributed by atoms with E-state index in [-0.39, 0.29) is 40.3 Å². The van der Waals surface area contributed by atoms with Gasteiger partial charge in [0.2, 0.25) is 0 Å². The Balaban J connectivity index is 1.54. The normalized spacial score (nSPS) is 43.1. The number of ketones is 1. The Bertz CT molecular complexity index is 959. The van der Waals surface area contributed by atoms with Crippen LogP contribution in [-0.2, 0) is 19.4 Å². The fraction of sp³-hybridized carbons (Fsp3) is 0.889. The maximum Gasteiger partial charge on any atom is 0.397 e. The third-order valence-corrected chi connectivity index (χ3v) is 11.0. The number of carbonyl (C=O) groups is 1. The van der Waals surface area contributed by atoms with Crippen LogP contribution in [0.2, 0.25) is 0 Å². The van der Waals surface area contributed by atoms with E-state index in [1.807, 2.05) is 13.8 Å². The molecule has 0 aromatic rings. The van der Waals surface area contributed by atoms with E-state index < -0.39 is 28.7 Å². The minimum Gasteiger partial charge on any atom is -0.393 e. The lowest BCUT2D eigenvalue weighted by molar-refractivity contribution is -0.130. The number of rotatable bonds is 7. The molecule has 10 atom stereocenters. The number of aliphatic hydroxyl groups is 2. The van der Waals surface area contributed by atoms with Gasteiger partial charge in [0, 0.05) is 6.42 Å². The largest absolute Gasteiger partial charge is 0.397 e. The summed E-state index contributed by atoms with van der Waals surface area (Å²) in [7, 11) is -4.51. The van der Waals surface area contributed by atoms with Crippen molar-refractivity contribution in [3.05, 3.63) is 11.6 Å². The molecule has 0 heterocycles. The van der Waals surface area contributed by atoms with Gasteiger partial charge in [-0.25, -0.2) is 4.18 Å². The van der Waals surface area contributed by atoms with E-state index in [0.717, 1.165) is 25.7 Å². The standard InChI is InChI=1S/C27H44O7S/c1-15(2)25(30)24(29)12-16(3)19-6-7-20-18-14-23(28)22-13-17(34-35(31,32)33)8-10-27(22,5)21(18)9-11-26(19,20)4/h9,15-20,22-23,25,28,30H,6-8,10-14H2,1-5H3,(H,31,32,33)/t16-,17+,18+,19-,20+,22-,23+,25-,26-,27-/m1/s1. The van der Waals surface area contributed by atoms with Gasteiger partial charge in [-0.1, -0.05) is 46.3 Å². The van der Waals surface area contributed by atoms with Gasteiger partial charge >= 0.3 is 10.4 Å². The van der Waals surface area contributed by atoms with Gasteiger partial charge < -0.3 is 10.2 Å². The smallest absolute Gasteiger partial charge is 0.393 e. The molecule has 0 aromatic carbocycles. The first-order valence-corrected chi connectivity index (χ1v) is 14.8. The van der Waals surface area contributed by atoms with E-state index in [0.29, 0.717) is 37.5 Å². The molecule has 3 N–H and O–H groups in total. The molecule has 0 aliphatic heterocycles. The molecule has 200 valence electrons. The van der Waals surface area contributed by atoms with Gasteiger partial charge in [0.05, 0.1) is 12.2 Å². The summed E-state index contributed by atoms with van der Waals surface area (Å²) in [4.78, 5) is 12.6. The monoisotopic (exact) mass is 512 g/mol. The number of fused-ring (bicyclic) bond motifs is 5. The number of hydrogen-bond donors (Lipinski definition) is 3. The second-order valence-corrected chi connectivity index (χ2v) is 13.9. The van der Waals surface area contributed by atoms with Crippen molar-refractivity contribution in [1.82, 2.24) is 0 Å². The quantitative estimate of drug-likeness (QED) is 0.343. The van der Waals surface area contributed by atoms with Crippen LogP contribution in [-0.4, -0.2) is 47.3 Å². The summed E-state index contributed by atoms with van der Waals surface area (Å²) in [6.45, 7) is 10.5. The average molecular weight is 513 g/mol. The predicted molar refractivity (Wildman–Crippen MR) is 133 cm³/mol. The van der Waals surface area contributed by atoms with Crippen LogP contribution in [0, 0.1) is 46.3 Å². The summed E-state index contributed by atoms with van der Waals surface area (Å²) in [6, 6.07) is 0. The maximum atomic E-state index is 12.6. The van der Waals surface area contributed by atoms with Crippen LogP contribution >= 0.6 is 0 Å². The summed E-state index contributed by atoms with van der Waals surface area (Å²) >= 11 is 0. The Morgan fingerprint density at radius 2 is 1.83 bits per heavy atom. The molecule has 0 spiro atoms. The van der Waals surface area contributed by atoms with Crippen LogP contribution in [0.4, 0.5) is 0 Å². The highest BCUT2D eigenvalue weighted by Gasteiger charge is 2.60. The van der Waals surface area contributed by atoms with E-state index in [2.05, 4.69) is 26.8 Å². The number of allylic oxidation sites excluding steroid dienone is 2. The summed E-state index contributed by atoms with van der Waals surface area (Å²) in [5.41, 5.74) is 1.27. The van der Waals surface area contributed by atoms with Gasteiger partial charge in [-0.2, -0.15) is 8.42 Å². The first-order chi connectivity index (χ1) is 16.2.